The maximum absolute atomic E-state index is 11.4. The minimum atomic E-state index is -1.23. The number of rotatable bonds is 10. The molecule has 0 aromatic carbocycles. The number of aliphatic hydroxyl groups excluding tert-OH is 4. The molecular formula is C34H36CoN4O8. The molecule has 0 amide bonds. The Kier molecular flexibility index (Phi) is 10.9. The molecule has 1 radical (unpaired) electrons. The molecule has 0 spiro atoms. The normalized spacial score (nSPS) is 14.3. The molecular weight excluding hydrogens is 651 g/mol. The second-order valence-corrected chi connectivity index (χ2v) is 11.7. The maximum atomic E-state index is 11.4. The molecule has 0 fully saturated rings. The molecule has 47 heavy (non-hydrogen) atoms. The van der Waals surface area contributed by atoms with Crippen molar-refractivity contribution in [2.24, 2.45) is 0 Å². The van der Waals surface area contributed by atoms with Crippen LogP contribution in [0.3, 0.4) is 0 Å². The van der Waals surface area contributed by atoms with Crippen LogP contribution in [0, 0.1) is 13.8 Å². The van der Waals surface area contributed by atoms with Crippen LogP contribution in [0.2, 0.25) is 0 Å². The van der Waals surface area contributed by atoms with E-state index in [9.17, 15) is 40.2 Å². The van der Waals surface area contributed by atoms with Gasteiger partial charge in [-0.3, -0.25) is 0 Å². The van der Waals surface area contributed by atoms with Crippen molar-refractivity contribution in [3.63, 3.8) is 0 Å². The molecule has 0 saturated heterocycles. The number of hydrogen-bond donors (Lipinski definition) is 6. The summed E-state index contributed by atoms with van der Waals surface area (Å²) < 4.78 is 0. The molecule has 2 aliphatic heterocycles. The summed E-state index contributed by atoms with van der Waals surface area (Å²) in [4.78, 5) is 39.2. The van der Waals surface area contributed by atoms with E-state index in [0.29, 0.717) is 83.8 Å². The Bertz CT molecular complexity index is 1970. The zero-order valence-electron chi connectivity index (χ0n) is 26.4. The number of hydrogen-bond acceptors (Lipinski definition) is 10. The first-order chi connectivity index (χ1) is 21.8. The molecule has 0 saturated carbocycles. The van der Waals surface area contributed by atoms with E-state index in [1.54, 1.807) is 38.1 Å². The molecule has 3 aromatic rings. The van der Waals surface area contributed by atoms with Gasteiger partial charge in [-0.25, -0.2) is 9.97 Å². The van der Waals surface area contributed by atoms with E-state index in [2.05, 4.69) is 9.97 Å². The van der Waals surface area contributed by atoms with Gasteiger partial charge >= 0.3 is 16.8 Å². The van der Waals surface area contributed by atoms with Crippen LogP contribution >= 0.6 is 0 Å². The SMILES string of the molecule is CC1=C(CCC(=O)[O-])c2cc3nc(cc4[nH]c(cc5[nH]c(cc1n2)c(C)c5C(O)CO)c(C)c4C(O)CO)C(C)=C3CCC(=O)[O-].[Co+2]. The average Bonchev–Trinajstić information content (AvgIpc) is 3.67. The molecule has 3 aromatic heterocycles. The number of fused-ring (bicyclic) bond motifs is 8. The summed E-state index contributed by atoms with van der Waals surface area (Å²) in [6.45, 7) is 6.16. The molecule has 6 N–H and O–H groups in total. The summed E-state index contributed by atoms with van der Waals surface area (Å²) in [7, 11) is 0. The third-order valence-electron chi connectivity index (χ3n) is 8.80. The van der Waals surface area contributed by atoms with E-state index in [1.807, 2.05) is 13.8 Å². The van der Waals surface area contributed by atoms with Gasteiger partial charge in [-0.15, -0.1) is 0 Å². The Balaban J connectivity index is 0.00000500. The topological polar surface area (TPSA) is 219 Å². The molecule has 2 atom stereocenters. The second-order valence-electron chi connectivity index (χ2n) is 11.7. The number of aromatic amines is 2. The monoisotopic (exact) mass is 687 g/mol. The summed E-state index contributed by atoms with van der Waals surface area (Å²) in [5, 5.41) is 64.4. The van der Waals surface area contributed by atoms with Gasteiger partial charge in [-0.2, -0.15) is 0 Å². The van der Waals surface area contributed by atoms with Crippen molar-refractivity contribution in [1.82, 2.24) is 19.9 Å². The first-order valence-electron chi connectivity index (χ1n) is 15.0. The Labute approximate surface area is 280 Å². The predicted octanol–water partition coefficient (Wildman–Crippen LogP) is 1.90. The Morgan fingerprint density at radius 2 is 1.04 bits per heavy atom. The van der Waals surface area contributed by atoms with E-state index < -0.39 is 37.4 Å². The number of carboxylic acid groups (broad SMARTS) is 2. The van der Waals surface area contributed by atoms with Crippen molar-refractivity contribution in [2.45, 2.75) is 65.6 Å². The van der Waals surface area contributed by atoms with Gasteiger partial charge < -0.3 is 50.2 Å². The van der Waals surface area contributed by atoms with Crippen molar-refractivity contribution < 1.29 is 57.0 Å². The first-order valence-corrected chi connectivity index (χ1v) is 15.0. The van der Waals surface area contributed by atoms with Crippen molar-refractivity contribution in [3.05, 3.63) is 69.3 Å². The number of nitrogens with zero attached hydrogens (tertiary/aromatic N) is 2. The molecule has 0 aliphatic carbocycles. The van der Waals surface area contributed by atoms with E-state index >= 15 is 0 Å². The number of aliphatic hydroxyl groups is 4. The zero-order valence-corrected chi connectivity index (χ0v) is 27.4. The number of aromatic nitrogens is 4. The molecule has 5 heterocycles. The Morgan fingerprint density at radius 1 is 0.660 bits per heavy atom. The predicted molar refractivity (Wildman–Crippen MR) is 168 cm³/mol. The number of carboxylic acids is 2. The van der Waals surface area contributed by atoms with Gasteiger partial charge in [0.25, 0.3) is 0 Å². The quantitative estimate of drug-likeness (QED) is 0.182. The van der Waals surface area contributed by atoms with E-state index in [0.717, 1.165) is 5.57 Å². The smallest absolute Gasteiger partial charge is 0.550 e. The van der Waals surface area contributed by atoms with Crippen LogP contribution in [-0.4, -0.2) is 65.5 Å². The first kappa shape index (κ1) is 35.7. The van der Waals surface area contributed by atoms with Crippen LogP contribution < -0.4 is 10.2 Å². The zero-order chi connectivity index (χ0) is 33.4. The molecule has 12 nitrogen and oxygen atoms in total. The van der Waals surface area contributed by atoms with Crippen LogP contribution in [-0.2, 0) is 26.4 Å². The molecule has 2 aliphatic rings. The molecule has 13 heteroatoms. The van der Waals surface area contributed by atoms with E-state index in [1.165, 1.54) is 0 Å². The number of carbonyl (C=O) groups excluding carboxylic acids is 2. The molecule has 2 unspecified atom stereocenters. The fourth-order valence-corrected chi connectivity index (χ4v) is 6.27. The molecule has 8 bridgehead atoms. The van der Waals surface area contributed by atoms with Crippen LogP contribution in [0.1, 0.15) is 96.8 Å². The van der Waals surface area contributed by atoms with Gasteiger partial charge in [0.05, 0.1) is 36.0 Å². The number of carbonyl (C=O) groups is 2. The number of aryl methyl sites for hydroxylation is 2. The minimum Gasteiger partial charge on any atom is -0.550 e. The van der Waals surface area contributed by atoms with Gasteiger partial charge in [0.2, 0.25) is 0 Å². The number of nitrogens with one attached hydrogen (secondary N) is 2. The second kappa shape index (κ2) is 14.3. The summed E-state index contributed by atoms with van der Waals surface area (Å²) >= 11 is 0. The Morgan fingerprint density at radius 3 is 1.45 bits per heavy atom. The van der Waals surface area contributed by atoms with Gasteiger partial charge in [0.15, 0.2) is 0 Å². The fraction of sp³-hybridized carbons (Fsp3) is 0.353. The van der Waals surface area contributed by atoms with Crippen molar-refractivity contribution in [2.75, 3.05) is 13.2 Å². The standard InChI is InChI=1S/C34H38N4O8.Co/c1-15-19(5-7-31(43)44)25-12-26-20(6-8-32(45)46)16(2)22(36-26)10-27-34(30(42)14-40)18(4)24(38-27)11-28-33(29(41)13-39)17(3)23(37-28)9-21(15)35-25;/h9-12,29-30,37-42H,5-8,13-14H2,1-4H3,(H,43,44)(H,45,46);/q;+2/p-2. The summed E-state index contributed by atoms with van der Waals surface area (Å²) in [6, 6.07) is 6.97. The largest absolute Gasteiger partial charge is 2.00 e. The number of H-pyrrole nitrogens is 2. The van der Waals surface area contributed by atoms with Gasteiger partial charge in [0, 0.05) is 45.1 Å². The van der Waals surface area contributed by atoms with Crippen LogP contribution in [0.5, 0.6) is 0 Å². The van der Waals surface area contributed by atoms with Crippen molar-refractivity contribution in [1.29, 1.82) is 0 Å². The number of aliphatic carboxylic acids is 2. The Hall–Kier alpha value is -4.11. The molecule has 5 rings (SSSR count). The van der Waals surface area contributed by atoms with Crippen LogP contribution in [0.4, 0.5) is 0 Å². The van der Waals surface area contributed by atoms with Crippen molar-refractivity contribution in [3.8, 4) is 0 Å². The fourth-order valence-electron chi connectivity index (χ4n) is 6.27. The molecule has 249 valence electrons. The summed E-state index contributed by atoms with van der Waals surface area (Å²) in [5.74, 6) is -2.43. The van der Waals surface area contributed by atoms with Gasteiger partial charge in [-0.1, -0.05) is 0 Å². The van der Waals surface area contributed by atoms with Crippen LogP contribution in [0.15, 0.2) is 24.3 Å². The van der Waals surface area contributed by atoms with Gasteiger partial charge in [-0.05, 0) is 111 Å². The maximum Gasteiger partial charge on any atom is 2.00 e. The minimum absolute atomic E-state index is 0. The third-order valence-corrected chi connectivity index (χ3v) is 8.80. The number of allylic oxidation sites excluding steroid dienone is 4. The summed E-state index contributed by atoms with van der Waals surface area (Å²) in [5.41, 5.74) is 9.07. The van der Waals surface area contributed by atoms with E-state index in [-0.39, 0.29) is 42.5 Å². The summed E-state index contributed by atoms with van der Waals surface area (Å²) in [6.07, 6.45) is -2.67. The third kappa shape index (κ3) is 6.95. The van der Waals surface area contributed by atoms with Gasteiger partial charge in [0.1, 0.15) is 12.2 Å². The van der Waals surface area contributed by atoms with Crippen LogP contribution in [0.25, 0.3) is 44.4 Å². The van der Waals surface area contributed by atoms with E-state index in [4.69, 9.17) is 9.97 Å². The van der Waals surface area contributed by atoms with Crippen molar-refractivity contribution >= 4 is 56.3 Å². The average molecular weight is 688 g/mol.